The Labute approximate surface area is 299 Å². The predicted molar refractivity (Wildman–Crippen MR) is 176 cm³/mol. The van der Waals surface area contributed by atoms with E-state index in [0.717, 1.165) is 40.2 Å². The van der Waals surface area contributed by atoms with Crippen molar-refractivity contribution in [3.63, 3.8) is 0 Å². The number of alkyl halides is 6. The van der Waals surface area contributed by atoms with E-state index in [1.807, 2.05) is 0 Å². The minimum atomic E-state index is -4.93. The first kappa shape index (κ1) is 38.4. The number of hydrogen-bond acceptors (Lipinski definition) is 6. The number of carboxylic acids is 1. The highest BCUT2D eigenvalue weighted by atomic mass is 35.5. The highest BCUT2D eigenvalue weighted by Crippen LogP contribution is 2.44. The molecule has 0 spiro atoms. The minimum Gasteiger partial charge on any atom is -0.481 e. The predicted octanol–water partition coefficient (Wildman–Crippen LogP) is 8.51. The van der Waals surface area contributed by atoms with Crippen LogP contribution in [0.15, 0.2) is 48.0 Å². The van der Waals surface area contributed by atoms with Gasteiger partial charge in [-0.2, -0.15) is 26.3 Å². The number of thiophene rings is 1. The van der Waals surface area contributed by atoms with Crippen LogP contribution in [-0.2, 0) is 34.9 Å². The molecule has 2 aliphatic rings. The first-order valence-corrected chi connectivity index (χ1v) is 17.7. The Kier molecular flexibility index (Phi) is 11.3. The van der Waals surface area contributed by atoms with Gasteiger partial charge >= 0.3 is 18.3 Å². The maximum atomic E-state index is 15.3. The number of nitrogens with zero attached hydrogens (tertiary/aromatic N) is 3. The molecule has 3 aromatic rings. The number of likely N-dealkylation sites (tertiary alicyclic amines) is 1. The van der Waals surface area contributed by atoms with Crippen LogP contribution in [0.4, 0.5) is 26.3 Å². The lowest BCUT2D eigenvalue weighted by atomic mass is 9.78. The van der Waals surface area contributed by atoms with E-state index in [0.29, 0.717) is 28.3 Å². The van der Waals surface area contributed by atoms with E-state index in [1.54, 1.807) is 32.0 Å². The Morgan fingerprint density at radius 3 is 2.45 bits per heavy atom. The molecule has 1 N–H and O–H groups in total. The van der Waals surface area contributed by atoms with Gasteiger partial charge in [0.05, 0.1) is 17.5 Å². The quantitative estimate of drug-likeness (QED) is 0.208. The molecule has 0 unspecified atom stereocenters. The van der Waals surface area contributed by atoms with Crippen LogP contribution in [0.25, 0.3) is 0 Å². The fourth-order valence-corrected chi connectivity index (χ4v) is 8.02. The van der Waals surface area contributed by atoms with E-state index >= 15 is 4.79 Å². The van der Waals surface area contributed by atoms with Gasteiger partial charge in [0.1, 0.15) is 16.3 Å². The SMILES string of the molecule is CCC[C@H]1N(C(=O)c2ncccc2C(F)(F)F)CCC[C@]1(Oc1csc(C(F)(F)F)c1)C(=O)N1Cc2ccc(Cl)cc2C[C@@H]1C[C@H](CC)C(=O)O. The Hall–Kier alpha value is -3.85. The van der Waals surface area contributed by atoms with Gasteiger partial charge in [-0.25, -0.2) is 0 Å². The zero-order valence-electron chi connectivity index (χ0n) is 27.7. The smallest absolute Gasteiger partial charge is 0.425 e. The van der Waals surface area contributed by atoms with Crippen molar-refractivity contribution in [1.29, 1.82) is 0 Å². The van der Waals surface area contributed by atoms with E-state index in [1.165, 1.54) is 4.90 Å². The summed E-state index contributed by atoms with van der Waals surface area (Å²) in [5.41, 5.74) is -2.71. The third-order valence-electron chi connectivity index (χ3n) is 9.58. The highest BCUT2D eigenvalue weighted by molar-refractivity contribution is 7.10. The molecule has 0 bridgehead atoms. The lowest BCUT2D eigenvalue weighted by Crippen LogP contribution is -2.69. The van der Waals surface area contributed by atoms with Crippen LogP contribution in [0.3, 0.4) is 0 Å². The number of benzene rings is 1. The van der Waals surface area contributed by atoms with Gasteiger partial charge in [-0.3, -0.25) is 19.4 Å². The molecule has 5 rings (SSSR count). The van der Waals surface area contributed by atoms with Crippen molar-refractivity contribution in [2.24, 2.45) is 5.92 Å². The molecule has 4 heterocycles. The third-order valence-corrected chi connectivity index (χ3v) is 10.8. The summed E-state index contributed by atoms with van der Waals surface area (Å²) in [7, 11) is 0. The summed E-state index contributed by atoms with van der Waals surface area (Å²) in [4.78, 5) is 47.0. The number of ether oxygens (including phenoxy) is 1. The summed E-state index contributed by atoms with van der Waals surface area (Å²) in [5.74, 6) is -4.02. The number of carbonyl (C=O) groups is 3. The maximum Gasteiger partial charge on any atom is 0.425 e. The van der Waals surface area contributed by atoms with Gasteiger partial charge in [0.25, 0.3) is 11.8 Å². The van der Waals surface area contributed by atoms with Crippen molar-refractivity contribution < 1.29 is 50.6 Å². The molecular weight excluding hydrogens is 724 g/mol. The number of amides is 2. The number of aliphatic carboxylic acids is 1. The normalized spacial score (nSPS) is 21.6. The number of carbonyl (C=O) groups excluding carboxylic acids is 2. The lowest BCUT2D eigenvalue weighted by molar-refractivity contribution is -0.164. The highest BCUT2D eigenvalue weighted by Gasteiger charge is 2.57. The van der Waals surface area contributed by atoms with E-state index in [4.69, 9.17) is 16.3 Å². The van der Waals surface area contributed by atoms with E-state index in [-0.39, 0.29) is 57.4 Å². The molecule has 276 valence electrons. The number of piperidine rings is 1. The zero-order valence-corrected chi connectivity index (χ0v) is 29.3. The summed E-state index contributed by atoms with van der Waals surface area (Å²) in [6, 6.07) is 5.67. The van der Waals surface area contributed by atoms with Crippen LogP contribution >= 0.6 is 22.9 Å². The molecule has 16 heteroatoms. The van der Waals surface area contributed by atoms with Crippen molar-refractivity contribution in [1.82, 2.24) is 14.8 Å². The zero-order chi connectivity index (χ0) is 37.3. The van der Waals surface area contributed by atoms with E-state index < -0.39 is 69.9 Å². The molecular formula is C35H36ClF6N3O5S. The summed E-state index contributed by atoms with van der Waals surface area (Å²) in [5, 5.41) is 11.5. The minimum absolute atomic E-state index is 0.0279. The Balaban J connectivity index is 1.66. The molecule has 1 aromatic carbocycles. The molecule has 2 aromatic heterocycles. The number of fused-ring (bicyclic) bond motifs is 1. The number of carboxylic acid groups (broad SMARTS) is 1. The van der Waals surface area contributed by atoms with E-state index in [9.17, 15) is 41.0 Å². The van der Waals surface area contributed by atoms with Gasteiger partial charge in [-0.15, -0.1) is 11.3 Å². The van der Waals surface area contributed by atoms with Gasteiger partial charge in [0.2, 0.25) is 5.60 Å². The number of aromatic nitrogens is 1. The van der Waals surface area contributed by atoms with Gasteiger partial charge in [-0.05, 0) is 67.5 Å². The first-order valence-electron chi connectivity index (χ1n) is 16.5. The fourth-order valence-electron chi connectivity index (χ4n) is 7.15. The van der Waals surface area contributed by atoms with Gasteiger partial charge in [-0.1, -0.05) is 37.9 Å². The van der Waals surface area contributed by atoms with Crippen molar-refractivity contribution >= 4 is 40.7 Å². The molecule has 0 saturated carbocycles. The second kappa shape index (κ2) is 15.0. The molecule has 1 fully saturated rings. The van der Waals surface area contributed by atoms with Gasteiger partial charge in [0.15, 0.2) is 0 Å². The number of hydrogen-bond donors (Lipinski definition) is 1. The third kappa shape index (κ3) is 7.98. The average Bonchev–Trinajstić information content (AvgIpc) is 3.55. The second-order valence-corrected chi connectivity index (χ2v) is 14.2. The summed E-state index contributed by atoms with van der Waals surface area (Å²) < 4.78 is 89.8. The standard InChI is InChI=1S/C35H36ClF6N3O5S/c1-3-7-27-33(50-25-17-28(51-19-25)35(40,41)42,11-6-13-44(27)30(46)29-26(34(37,38)39)8-5-12-43-29)32(49)45-18-21-9-10-23(36)14-22(21)16-24(45)15-20(4-2)31(47)48/h5,8-10,12,14,17,19-20,24,27H,3-4,6-7,11,13,15-16,18H2,1-2H3,(H,47,48)/t20-,24-,27+,33+/m0/s1. The molecule has 8 nitrogen and oxygen atoms in total. The van der Waals surface area contributed by atoms with Crippen molar-refractivity contribution in [2.75, 3.05) is 6.54 Å². The Morgan fingerprint density at radius 1 is 1.08 bits per heavy atom. The van der Waals surface area contributed by atoms with Gasteiger partial charge < -0.3 is 19.6 Å². The van der Waals surface area contributed by atoms with Crippen molar-refractivity contribution in [2.45, 2.75) is 95.4 Å². The van der Waals surface area contributed by atoms with Crippen LogP contribution in [0.2, 0.25) is 5.02 Å². The Bertz CT molecular complexity index is 1770. The maximum absolute atomic E-state index is 15.3. The molecule has 2 aliphatic heterocycles. The monoisotopic (exact) mass is 759 g/mol. The van der Waals surface area contributed by atoms with E-state index in [2.05, 4.69) is 4.98 Å². The summed E-state index contributed by atoms with van der Waals surface area (Å²) >= 11 is 6.63. The molecule has 0 aliphatic carbocycles. The van der Waals surface area contributed by atoms with Crippen LogP contribution in [0.5, 0.6) is 5.75 Å². The number of rotatable bonds is 10. The summed E-state index contributed by atoms with van der Waals surface area (Å²) in [6.07, 6.45) is -7.78. The molecule has 51 heavy (non-hydrogen) atoms. The van der Waals surface area contributed by atoms with Crippen LogP contribution < -0.4 is 4.74 Å². The van der Waals surface area contributed by atoms with Gasteiger partial charge in [0, 0.05) is 48.2 Å². The van der Waals surface area contributed by atoms with Crippen LogP contribution in [-0.4, -0.2) is 61.9 Å². The van der Waals surface area contributed by atoms with Crippen molar-refractivity contribution in [3.05, 3.63) is 80.3 Å². The fraction of sp³-hybridized carbons (Fsp3) is 0.486. The molecule has 1 saturated heterocycles. The Morgan fingerprint density at radius 2 is 1.82 bits per heavy atom. The van der Waals surface area contributed by atoms with Crippen molar-refractivity contribution in [3.8, 4) is 5.75 Å². The summed E-state index contributed by atoms with van der Waals surface area (Å²) in [6.45, 7) is 3.34. The first-order chi connectivity index (χ1) is 24.0. The topological polar surface area (TPSA) is 100 Å². The molecule has 0 radical (unpaired) electrons. The molecule has 4 atom stereocenters. The number of halogens is 7. The largest absolute Gasteiger partial charge is 0.481 e. The second-order valence-electron chi connectivity index (χ2n) is 12.8. The average molecular weight is 760 g/mol. The number of pyridine rings is 1. The molecule has 2 amide bonds. The lowest BCUT2D eigenvalue weighted by Gasteiger charge is -2.51. The van der Waals surface area contributed by atoms with Crippen LogP contribution in [0.1, 0.15) is 84.4 Å². The van der Waals surface area contributed by atoms with Crippen LogP contribution in [0, 0.1) is 5.92 Å².